The summed E-state index contributed by atoms with van der Waals surface area (Å²) in [5.41, 5.74) is 8.29. The molecule has 9 heteroatoms. The number of nitrogens with zero attached hydrogens (tertiary/aromatic N) is 3. The topological polar surface area (TPSA) is 85.4 Å². The van der Waals surface area contributed by atoms with E-state index < -0.39 is 6.04 Å². The third-order valence-corrected chi connectivity index (χ3v) is 11.9. The molecule has 1 unspecified atom stereocenters. The van der Waals surface area contributed by atoms with Crippen molar-refractivity contribution in [3.63, 3.8) is 0 Å². The van der Waals surface area contributed by atoms with Crippen molar-refractivity contribution in [2.45, 2.75) is 69.4 Å². The van der Waals surface area contributed by atoms with Crippen LogP contribution in [0.3, 0.4) is 0 Å². The summed E-state index contributed by atoms with van der Waals surface area (Å²) in [5, 5.41) is 13.0. The van der Waals surface area contributed by atoms with E-state index in [1.807, 2.05) is 30.3 Å². The number of phenols is 1. The fourth-order valence-electron chi connectivity index (χ4n) is 8.93. The lowest BCUT2D eigenvalue weighted by Crippen LogP contribution is -2.49. The molecule has 280 valence electrons. The molecular weight excluding hydrogens is 680 g/mol. The maximum Gasteiger partial charge on any atom is 0.255 e. The van der Waals surface area contributed by atoms with E-state index in [2.05, 4.69) is 58.1 Å². The van der Waals surface area contributed by atoms with Gasteiger partial charge in [-0.1, -0.05) is 36.9 Å². The molecule has 3 heterocycles. The Labute approximate surface area is 317 Å². The van der Waals surface area contributed by atoms with Gasteiger partial charge in [0.05, 0.1) is 6.61 Å². The second kappa shape index (κ2) is 15.7. The van der Waals surface area contributed by atoms with E-state index in [0.717, 1.165) is 93.1 Å². The summed E-state index contributed by atoms with van der Waals surface area (Å²) in [6.45, 7) is 9.99. The average molecular weight is 729 g/mol. The Bertz CT molecular complexity index is 2010. The lowest BCUT2D eigenvalue weighted by molar-refractivity contribution is -0.126. The zero-order chi connectivity index (χ0) is 37.2. The molecule has 54 heavy (non-hydrogen) atoms. The fraction of sp³-hybridized carbons (Fsp3) is 0.378. The molecule has 0 bridgehead atoms. The quantitative estimate of drug-likeness (QED) is 0.156. The Hall–Kier alpha value is -5.15. The fourth-order valence-corrected chi connectivity index (χ4v) is 8.93. The van der Waals surface area contributed by atoms with Crippen molar-refractivity contribution in [3.8, 4) is 11.5 Å². The number of carbonyl (C=O) groups is 2. The highest BCUT2D eigenvalue weighted by atomic mass is 19.1. The molecule has 4 aliphatic rings. The zero-order valence-corrected chi connectivity index (χ0v) is 30.8. The van der Waals surface area contributed by atoms with E-state index in [9.17, 15) is 19.1 Å². The van der Waals surface area contributed by atoms with Gasteiger partial charge >= 0.3 is 0 Å². The molecule has 4 aromatic carbocycles. The molecule has 0 spiro atoms. The van der Waals surface area contributed by atoms with Gasteiger partial charge in [-0.05, 0) is 140 Å². The third-order valence-electron chi connectivity index (χ3n) is 11.9. The number of halogens is 1. The van der Waals surface area contributed by atoms with E-state index in [-0.39, 0.29) is 29.5 Å². The number of phenolic OH excluding ortho intramolecular Hbond substituents is 1. The Morgan fingerprint density at radius 2 is 1.59 bits per heavy atom. The van der Waals surface area contributed by atoms with Gasteiger partial charge in [0.25, 0.3) is 5.91 Å². The molecule has 2 fully saturated rings. The van der Waals surface area contributed by atoms with Crippen molar-refractivity contribution >= 4 is 17.5 Å². The first-order valence-corrected chi connectivity index (χ1v) is 19.5. The third kappa shape index (κ3) is 7.60. The molecule has 8 nitrogen and oxygen atoms in total. The summed E-state index contributed by atoms with van der Waals surface area (Å²) in [4.78, 5) is 32.4. The number of allylic oxidation sites excluding steroid dienone is 1. The molecular formula is C45H49FN4O4. The van der Waals surface area contributed by atoms with Crippen LogP contribution in [0.15, 0.2) is 97.2 Å². The van der Waals surface area contributed by atoms with Crippen LogP contribution < -0.4 is 15.0 Å². The highest BCUT2D eigenvalue weighted by molar-refractivity contribution is 6.01. The SMILES string of the molecule is C=C1CCC(N2Cc3cc(N4CCN(CCCCCOc5ccc([C@H]6c7ccc(O)cc7CC[C@H]6c6ccc(F)cc6)cc5)CC4)ccc3C2=O)C(=O)N1. The van der Waals surface area contributed by atoms with Crippen molar-refractivity contribution < 1.29 is 23.8 Å². The number of rotatable bonds is 11. The maximum absolute atomic E-state index is 13.8. The minimum atomic E-state index is -0.437. The lowest BCUT2D eigenvalue weighted by atomic mass is 9.69. The van der Waals surface area contributed by atoms with Gasteiger partial charge in [0.15, 0.2) is 0 Å². The van der Waals surface area contributed by atoms with Gasteiger partial charge in [0.1, 0.15) is 23.4 Å². The van der Waals surface area contributed by atoms with Crippen molar-refractivity contribution in [1.29, 1.82) is 0 Å². The number of unbranched alkanes of at least 4 members (excludes halogenated alkanes) is 2. The van der Waals surface area contributed by atoms with Gasteiger partial charge in [-0.15, -0.1) is 0 Å². The number of hydrogen-bond acceptors (Lipinski definition) is 6. The van der Waals surface area contributed by atoms with Crippen molar-refractivity contribution in [2.24, 2.45) is 0 Å². The van der Waals surface area contributed by atoms with Crippen molar-refractivity contribution in [2.75, 3.05) is 44.2 Å². The molecule has 4 aromatic rings. The number of piperidine rings is 1. The number of ether oxygens (including phenoxy) is 1. The van der Waals surface area contributed by atoms with Gasteiger partial charge in [0.2, 0.25) is 5.91 Å². The Kier molecular flexibility index (Phi) is 10.4. The van der Waals surface area contributed by atoms with Crippen molar-refractivity contribution in [1.82, 2.24) is 15.1 Å². The van der Waals surface area contributed by atoms with Gasteiger partial charge in [0, 0.05) is 55.6 Å². The van der Waals surface area contributed by atoms with Crippen LogP contribution in [-0.4, -0.2) is 72.1 Å². The van der Waals surface area contributed by atoms with Crippen LogP contribution in [0.1, 0.15) is 88.5 Å². The summed E-state index contributed by atoms with van der Waals surface area (Å²) >= 11 is 0. The number of aryl methyl sites for hydroxylation is 1. The maximum atomic E-state index is 13.8. The number of amides is 2. The minimum absolute atomic E-state index is 0.0562. The summed E-state index contributed by atoms with van der Waals surface area (Å²) in [6.07, 6.45) is 6.35. The van der Waals surface area contributed by atoms with E-state index in [1.54, 1.807) is 23.1 Å². The molecule has 0 saturated carbocycles. The first-order chi connectivity index (χ1) is 26.3. The van der Waals surface area contributed by atoms with Crippen LogP contribution in [0.25, 0.3) is 0 Å². The minimum Gasteiger partial charge on any atom is -0.508 e. The second-order valence-corrected chi connectivity index (χ2v) is 15.3. The number of piperazine rings is 1. The summed E-state index contributed by atoms with van der Waals surface area (Å²) in [7, 11) is 0. The molecule has 0 aromatic heterocycles. The average Bonchev–Trinajstić information content (AvgIpc) is 3.51. The number of fused-ring (bicyclic) bond motifs is 2. The van der Waals surface area contributed by atoms with Gasteiger partial charge in [-0.25, -0.2) is 4.39 Å². The normalized spacial score (nSPS) is 21.5. The van der Waals surface area contributed by atoms with Crippen molar-refractivity contribution in [3.05, 3.63) is 136 Å². The number of benzene rings is 4. The zero-order valence-electron chi connectivity index (χ0n) is 30.8. The molecule has 8 rings (SSSR count). The van der Waals surface area contributed by atoms with Crippen LogP contribution in [-0.2, 0) is 17.8 Å². The van der Waals surface area contributed by atoms with Crippen LogP contribution in [0.5, 0.6) is 11.5 Å². The molecule has 3 aliphatic heterocycles. The van der Waals surface area contributed by atoms with Crippen LogP contribution in [0, 0.1) is 5.82 Å². The largest absolute Gasteiger partial charge is 0.508 e. The van der Waals surface area contributed by atoms with Crippen LogP contribution in [0.2, 0.25) is 0 Å². The molecule has 3 atom stereocenters. The first kappa shape index (κ1) is 35.9. The van der Waals surface area contributed by atoms with Crippen LogP contribution >= 0.6 is 0 Å². The highest BCUT2D eigenvalue weighted by Crippen LogP contribution is 2.47. The van der Waals surface area contributed by atoms with E-state index >= 15 is 0 Å². The number of hydrogen-bond donors (Lipinski definition) is 2. The first-order valence-electron chi connectivity index (χ1n) is 19.5. The monoisotopic (exact) mass is 728 g/mol. The second-order valence-electron chi connectivity index (χ2n) is 15.3. The van der Waals surface area contributed by atoms with E-state index in [1.165, 1.54) is 16.7 Å². The molecule has 2 N–H and O–H groups in total. The molecule has 0 radical (unpaired) electrons. The Morgan fingerprint density at radius 1 is 0.815 bits per heavy atom. The van der Waals surface area contributed by atoms with Gasteiger partial charge in [-0.2, -0.15) is 0 Å². The molecule has 2 saturated heterocycles. The number of anilines is 1. The Balaban J connectivity index is 0.778. The lowest BCUT2D eigenvalue weighted by Gasteiger charge is -2.36. The highest BCUT2D eigenvalue weighted by Gasteiger charge is 2.38. The summed E-state index contributed by atoms with van der Waals surface area (Å²) in [6, 6.07) is 26.7. The Morgan fingerprint density at radius 3 is 2.37 bits per heavy atom. The van der Waals surface area contributed by atoms with Gasteiger partial charge in [-0.3, -0.25) is 14.5 Å². The number of carbonyl (C=O) groups excluding carboxylic acids is 2. The van der Waals surface area contributed by atoms with Gasteiger partial charge < -0.3 is 25.0 Å². The van der Waals surface area contributed by atoms with E-state index in [4.69, 9.17) is 4.74 Å². The number of aromatic hydroxyl groups is 1. The van der Waals surface area contributed by atoms with Crippen LogP contribution in [0.4, 0.5) is 10.1 Å². The summed E-state index contributed by atoms with van der Waals surface area (Å²) < 4.78 is 19.9. The predicted molar refractivity (Wildman–Crippen MR) is 208 cm³/mol. The molecule has 2 amide bonds. The standard InChI is InChI=1S/C45H49FN4O4/c1-30-5-20-42(44(52)47-30)50-29-34-27-36(13-18-41(34)45(50)53)49-24-22-48(23-25-49)21-3-2-4-26-54-38-15-8-32(9-16-38)43-39(31-6-11-35(46)12-7-31)17-10-33-28-37(51)14-19-40(33)43/h6-9,11-16,18-19,27-28,39,42-43,51H,1-5,10,17,20-26,29H2,(H,47,52)/t39-,42?,43+/m0/s1. The predicted octanol–water partition coefficient (Wildman–Crippen LogP) is 7.51. The smallest absolute Gasteiger partial charge is 0.255 e. The number of nitrogens with one attached hydrogen (secondary N) is 1. The van der Waals surface area contributed by atoms with E-state index in [0.29, 0.717) is 37.3 Å². The molecule has 1 aliphatic carbocycles. The summed E-state index contributed by atoms with van der Waals surface area (Å²) in [5.74, 6) is 1.07.